The van der Waals surface area contributed by atoms with E-state index in [0.29, 0.717) is 6.61 Å². The molecule has 1 aromatic rings. The lowest BCUT2D eigenvalue weighted by atomic mass is 9.83. The summed E-state index contributed by atoms with van der Waals surface area (Å²) in [5.41, 5.74) is 4.17. The smallest absolute Gasteiger partial charge is 0.140 e. The first-order valence-corrected chi connectivity index (χ1v) is 6.10. The Morgan fingerprint density at radius 2 is 2.17 bits per heavy atom. The van der Waals surface area contributed by atoms with Gasteiger partial charge in [-0.15, -0.1) is 0 Å². The van der Waals surface area contributed by atoms with Gasteiger partial charge in [0.25, 0.3) is 0 Å². The molecule has 18 heavy (non-hydrogen) atoms. The highest BCUT2D eigenvalue weighted by Gasteiger charge is 2.42. The number of nitrogens with zero attached hydrogens (tertiary/aromatic N) is 2. The minimum absolute atomic E-state index is 0.322. The molecule has 0 saturated heterocycles. The van der Waals surface area contributed by atoms with Crippen LogP contribution in [-0.2, 0) is 4.74 Å². The Hall–Kier alpha value is -2.16. The number of ether oxygens (including phenoxy) is 1. The van der Waals surface area contributed by atoms with Crippen LogP contribution in [0.1, 0.15) is 12.0 Å². The lowest BCUT2D eigenvalue weighted by Gasteiger charge is -2.33. The molecule has 3 heterocycles. The Labute approximate surface area is 105 Å². The predicted octanol–water partition coefficient (Wildman–Crippen LogP) is 2.91. The lowest BCUT2D eigenvalue weighted by Crippen LogP contribution is -2.43. The zero-order valence-electron chi connectivity index (χ0n) is 9.84. The number of hydrogen-bond donors (Lipinski definition) is 0. The van der Waals surface area contributed by atoms with Crippen molar-refractivity contribution < 1.29 is 4.74 Å². The fraction of sp³-hybridized carbons (Fsp3) is 0.200. The van der Waals surface area contributed by atoms with Gasteiger partial charge in [0.05, 0.1) is 17.7 Å². The number of benzene rings is 1. The van der Waals surface area contributed by atoms with Crippen molar-refractivity contribution in [2.24, 2.45) is 9.98 Å². The first kappa shape index (κ1) is 9.83. The van der Waals surface area contributed by atoms with Gasteiger partial charge in [0.1, 0.15) is 12.1 Å². The number of hydrogen-bond acceptors (Lipinski definition) is 3. The highest BCUT2D eigenvalue weighted by Crippen LogP contribution is 2.42. The van der Waals surface area contributed by atoms with Gasteiger partial charge in [0.2, 0.25) is 0 Å². The topological polar surface area (TPSA) is 34.0 Å². The van der Waals surface area contributed by atoms with Crippen LogP contribution in [0.5, 0.6) is 0 Å². The van der Waals surface area contributed by atoms with Crippen molar-refractivity contribution in [3.63, 3.8) is 0 Å². The van der Waals surface area contributed by atoms with Crippen LogP contribution in [0.15, 0.2) is 52.7 Å². The van der Waals surface area contributed by atoms with Crippen LogP contribution in [0.3, 0.4) is 0 Å². The van der Waals surface area contributed by atoms with E-state index >= 15 is 0 Å². The molecule has 0 aromatic heterocycles. The second-order valence-corrected chi connectivity index (χ2v) is 4.75. The first-order valence-electron chi connectivity index (χ1n) is 6.10. The van der Waals surface area contributed by atoms with Gasteiger partial charge in [-0.2, -0.15) is 0 Å². The third-order valence-electron chi connectivity index (χ3n) is 3.66. The summed E-state index contributed by atoms with van der Waals surface area (Å²) in [4.78, 5) is 9.41. The summed E-state index contributed by atoms with van der Waals surface area (Å²) in [6.45, 7) is 0.574. The van der Waals surface area contributed by atoms with Crippen LogP contribution in [-0.4, -0.2) is 24.1 Å². The van der Waals surface area contributed by atoms with E-state index in [2.05, 4.69) is 17.1 Å². The largest absolute Gasteiger partial charge is 0.499 e. The normalized spacial score (nSPS) is 27.3. The van der Waals surface area contributed by atoms with Gasteiger partial charge in [-0.3, -0.25) is 4.99 Å². The number of rotatable bonds is 0. The van der Waals surface area contributed by atoms with E-state index in [0.717, 1.165) is 17.8 Å². The number of fused-ring (bicyclic) bond motifs is 4. The second-order valence-electron chi connectivity index (χ2n) is 4.75. The molecule has 1 spiro atoms. The molecule has 1 unspecified atom stereocenters. The summed E-state index contributed by atoms with van der Waals surface area (Å²) in [6.07, 6.45) is 8.57. The Morgan fingerprint density at radius 3 is 3.06 bits per heavy atom. The Morgan fingerprint density at radius 1 is 1.22 bits per heavy atom. The first-order chi connectivity index (χ1) is 8.89. The zero-order chi connectivity index (χ0) is 12.0. The van der Waals surface area contributed by atoms with Gasteiger partial charge < -0.3 is 4.74 Å². The summed E-state index contributed by atoms with van der Waals surface area (Å²) in [7, 11) is 0. The quantitative estimate of drug-likeness (QED) is 0.682. The minimum Gasteiger partial charge on any atom is -0.499 e. The standard InChI is InChI=1S/C15H12N2O/c1-2-5-13-11(4-1)12-6-8-16-15(14(12)17-13)7-3-9-18-10-15/h1-6,8-9H,7,10H2. The van der Waals surface area contributed by atoms with Crippen LogP contribution >= 0.6 is 0 Å². The molecule has 0 saturated carbocycles. The van der Waals surface area contributed by atoms with Gasteiger partial charge in [-0.05, 0) is 18.2 Å². The summed E-state index contributed by atoms with van der Waals surface area (Å²) >= 11 is 0. The Bertz CT molecular complexity index is 640. The van der Waals surface area contributed by atoms with E-state index < -0.39 is 0 Å². The van der Waals surface area contributed by atoms with Gasteiger partial charge in [0, 0.05) is 23.8 Å². The molecule has 1 aromatic carbocycles. The molecule has 0 radical (unpaired) electrons. The van der Waals surface area contributed by atoms with Crippen molar-refractivity contribution in [1.82, 2.24) is 0 Å². The van der Waals surface area contributed by atoms with Crippen LogP contribution in [0, 0.1) is 0 Å². The summed E-state index contributed by atoms with van der Waals surface area (Å²) < 4.78 is 5.47. The second kappa shape index (κ2) is 3.42. The third-order valence-corrected chi connectivity index (χ3v) is 3.66. The van der Waals surface area contributed by atoms with Crippen molar-refractivity contribution in [2.45, 2.75) is 12.0 Å². The van der Waals surface area contributed by atoms with Crippen LogP contribution in [0.2, 0.25) is 0 Å². The maximum absolute atomic E-state index is 5.47. The Kier molecular flexibility index (Phi) is 1.87. The fourth-order valence-electron chi connectivity index (χ4n) is 2.76. The van der Waals surface area contributed by atoms with E-state index in [9.17, 15) is 0 Å². The number of para-hydroxylation sites is 1. The van der Waals surface area contributed by atoms with Crippen molar-refractivity contribution in [3.05, 3.63) is 48.2 Å². The number of dihydropyridines is 1. The summed E-state index contributed by atoms with van der Waals surface area (Å²) in [5, 5.41) is 0. The average molecular weight is 236 g/mol. The molecule has 88 valence electrons. The molecule has 0 fully saturated rings. The van der Waals surface area contributed by atoms with Crippen molar-refractivity contribution in [1.29, 1.82) is 0 Å². The summed E-state index contributed by atoms with van der Waals surface area (Å²) in [5.74, 6) is 0. The molecule has 0 aliphatic carbocycles. The van der Waals surface area contributed by atoms with Gasteiger partial charge >= 0.3 is 0 Å². The van der Waals surface area contributed by atoms with Crippen LogP contribution in [0.4, 0.5) is 5.69 Å². The third kappa shape index (κ3) is 1.19. The van der Waals surface area contributed by atoms with E-state index in [4.69, 9.17) is 9.73 Å². The molecule has 3 aliphatic rings. The van der Waals surface area contributed by atoms with Crippen LogP contribution in [0.25, 0.3) is 5.57 Å². The SMILES string of the molecule is C1=COCC2(C1)N=CC=C1C2=Nc2ccccc21. The molecule has 0 N–H and O–H groups in total. The fourth-order valence-corrected chi connectivity index (χ4v) is 2.76. The molecule has 0 amide bonds. The van der Waals surface area contributed by atoms with Crippen LogP contribution < -0.4 is 0 Å². The molecule has 1 atom stereocenters. The minimum atomic E-state index is -0.322. The van der Waals surface area contributed by atoms with Gasteiger partial charge in [-0.1, -0.05) is 18.2 Å². The van der Waals surface area contributed by atoms with E-state index in [1.54, 1.807) is 6.26 Å². The van der Waals surface area contributed by atoms with E-state index in [-0.39, 0.29) is 5.54 Å². The molecule has 3 aliphatic heterocycles. The monoisotopic (exact) mass is 236 g/mol. The van der Waals surface area contributed by atoms with Crippen molar-refractivity contribution in [2.75, 3.05) is 6.61 Å². The highest BCUT2D eigenvalue weighted by molar-refractivity contribution is 6.36. The highest BCUT2D eigenvalue weighted by atomic mass is 16.5. The molecule has 3 nitrogen and oxygen atoms in total. The lowest BCUT2D eigenvalue weighted by molar-refractivity contribution is 0.189. The molecule has 0 bridgehead atoms. The van der Waals surface area contributed by atoms with E-state index in [1.807, 2.05) is 30.5 Å². The number of allylic oxidation sites excluding steroid dienone is 1. The van der Waals surface area contributed by atoms with Crippen molar-refractivity contribution in [3.8, 4) is 0 Å². The average Bonchev–Trinajstić information content (AvgIpc) is 2.81. The van der Waals surface area contributed by atoms with Gasteiger partial charge in [-0.25, -0.2) is 4.99 Å². The molecule has 4 rings (SSSR count). The summed E-state index contributed by atoms with van der Waals surface area (Å²) in [6, 6.07) is 8.23. The maximum atomic E-state index is 5.47. The number of aliphatic imine (C=N–C) groups is 2. The maximum Gasteiger partial charge on any atom is 0.140 e. The van der Waals surface area contributed by atoms with Crippen molar-refractivity contribution >= 4 is 23.2 Å². The van der Waals surface area contributed by atoms with E-state index in [1.165, 1.54) is 11.1 Å². The zero-order valence-corrected chi connectivity index (χ0v) is 9.84. The molecule has 3 heteroatoms. The Balaban J connectivity index is 1.89. The van der Waals surface area contributed by atoms with Gasteiger partial charge in [0.15, 0.2) is 0 Å². The predicted molar refractivity (Wildman–Crippen MR) is 72.4 cm³/mol. The molecular formula is C15H12N2O. The molecular weight excluding hydrogens is 224 g/mol.